The van der Waals surface area contributed by atoms with Gasteiger partial charge < -0.3 is 10.3 Å². The van der Waals surface area contributed by atoms with Gasteiger partial charge in [0.2, 0.25) is 0 Å². The van der Waals surface area contributed by atoms with Crippen molar-refractivity contribution in [2.75, 3.05) is 6.54 Å². The Labute approximate surface area is 126 Å². The topological polar surface area (TPSA) is 57.8 Å². The second-order valence-corrected chi connectivity index (χ2v) is 5.83. The van der Waals surface area contributed by atoms with E-state index in [1.807, 2.05) is 17.5 Å². The van der Waals surface area contributed by atoms with Crippen molar-refractivity contribution in [2.45, 2.75) is 19.4 Å². The summed E-state index contributed by atoms with van der Waals surface area (Å²) in [4.78, 5) is 19.1. The number of hydrogen-bond donors (Lipinski definition) is 2. The van der Waals surface area contributed by atoms with Crippen LogP contribution in [-0.2, 0) is 13.0 Å². The molecule has 2 heterocycles. The molecular weight excluding hydrogens is 282 g/mol. The second-order valence-electron chi connectivity index (χ2n) is 4.91. The zero-order chi connectivity index (χ0) is 14.5. The minimum absolute atomic E-state index is 0.0453. The number of aryl methyl sites for hydroxylation is 1. The van der Waals surface area contributed by atoms with Crippen LogP contribution in [0.15, 0.2) is 46.6 Å². The van der Waals surface area contributed by atoms with Crippen LogP contribution in [0.4, 0.5) is 0 Å². The minimum Gasteiger partial charge on any atom is -0.310 e. The zero-order valence-corrected chi connectivity index (χ0v) is 12.5. The van der Waals surface area contributed by atoms with Gasteiger partial charge in [0.25, 0.3) is 5.56 Å². The zero-order valence-electron chi connectivity index (χ0n) is 11.6. The molecule has 0 atom stereocenters. The lowest BCUT2D eigenvalue weighted by molar-refractivity contribution is 0.630. The quantitative estimate of drug-likeness (QED) is 0.688. The standard InChI is InChI=1S/C16H17N3OS/c20-16-15-13(8-10-21-15)18-14(19-16)11-17-9-4-7-12-5-2-1-3-6-12/h1-3,5-6,8,10,17H,4,7,9,11H2,(H,18,19,20). The largest absolute Gasteiger partial charge is 0.310 e. The molecule has 0 unspecified atom stereocenters. The van der Waals surface area contributed by atoms with Gasteiger partial charge >= 0.3 is 0 Å². The van der Waals surface area contributed by atoms with Crippen LogP contribution in [-0.4, -0.2) is 16.5 Å². The first-order chi connectivity index (χ1) is 10.3. The van der Waals surface area contributed by atoms with Gasteiger partial charge in [-0.2, -0.15) is 0 Å². The first-order valence-electron chi connectivity index (χ1n) is 7.04. The van der Waals surface area contributed by atoms with Crippen LogP contribution in [0.25, 0.3) is 10.2 Å². The van der Waals surface area contributed by atoms with Crippen LogP contribution in [0.5, 0.6) is 0 Å². The summed E-state index contributed by atoms with van der Waals surface area (Å²) in [5.74, 6) is 0.700. The Morgan fingerprint density at radius 2 is 2.05 bits per heavy atom. The molecule has 5 heteroatoms. The molecule has 0 fully saturated rings. The highest BCUT2D eigenvalue weighted by molar-refractivity contribution is 7.17. The van der Waals surface area contributed by atoms with Crippen molar-refractivity contribution < 1.29 is 0 Å². The molecular formula is C16H17N3OS. The molecule has 0 aliphatic carbocycles. The molecule has 2 aromatic heterocycles. The highest BCUT2D eigenvalue weighted by Crippen LogP contribution is 2.13. The number of fused-ring (bicyclic) bond motifs is 1. The number of thiophene rings is 1. The van der Waals surface area contributed by atoms with Crippen molar-refractivity contribution in [1.29, 1.82) is 0 Å². The fraction of sp³-hybridized carbons (Fsp3) is 0.250. The lowest BCUT2D eigenvalue weighted by atomic mass is 10.1. The third kappa shape index (κ3) is 3.56. The number of aromatic amines is 1. The number of nitrogens with one attached hydrogen (secondary N) is 2. The lowest BCUT2D eigenvalue weighted by Gasteiger charge is -2.05. The van der Waals surface area contributed by atoms with Crippen LogP contribution in [0, 0.1) is 0 Å². The van der Waals surface area contributed by atoms with Gasteiger partial charge in [-0.3, -0.25) is 4.79 Å². The summed E-state index contributed by atoms with van der Waals surface area (Å²) >= 11 is 1.43. The molecule has 0 aliphatic heterocycles. The van der Waals surface area contributed by atoms with E-state index in [0.717, 1.165) is 24.9 Å². The van der Waals surface area contributed by atoms with Gasteiger partial charge in [-0.05, 0) is 36.4 Å². The molecule has 3 aromatic rings. The van der Waals surface area contributed by atoms with Crippen molar-refractivity contribution in [2.24, 2.45) is 0 Å². The van der Waals surface area contributed by atoms with Crippen LogP contribution in [0.2, 0.25) is 0 Å². The number of hydrogen-bond acceptors (Lipinski definition) is 4. The number of rotatable bonds is 6. The predicted octanol–water partition coefficient (Wildman–Crippen LogP) is 2.71. The normalized spacial score (nSPS) is 11.0. The van der Waals surface area contributed by atoms with E-state index in [4.69, 9.17) is 0 Å². The van der Waals surface area contributed by atoms with E-state index in [1.54, 1.807) is 0 Å². The Bertz CT molecular complexity index is 764. The predicted molar refractivity (Wildman–Crippen MR) is 86.7 cm³/mol. The van der Waals surface area contributed by atoms with Crippen molar-refractivity contribution >= 4 is 21.6 Å². The summed E-state index contributed by atoms with van der Waals surface area (Å²) in [5.41, 5.74) is 2.09. The lowest BCUT2D eigenvalue weighted by Crippen LogP contribution is -2.20. The van der Waals surface area contributed by atoms with Gasteiger partial charge in [-0.25, -0.2) is 4.98 Å². The van der Waals surface area contributed by atoms with Gasteiger partial charge in [-0.15, -0.1) is 11.3 Å². The number of benzene rings is 1. The molecule has 0 spiro atoms. The average Bonchev–Trinajstić information content (AvgIpc) is 2.97. The van der Waals surface area contributed by atoms with Gasteiger partial charge in [-0.1, -0.05) is 30.3 Å². The van der Waals surface area contributed by atoms with E-state index in [1.165, 1.54) is 16.9 Å². The molecule has 1 aromatic carbocycles. The number of nitrogens with zero attached hydrogens (tertiary/aromatic N) is 1. The van der Waals surface area contributed by atoms with Crippen LogP contribution < -0.4 is 10.9 Å². The van der Waals surface area contributed by atoms with Gasteiger partial charge in [0, 0.05) is 0 Å². The summed E-state index contributed by atoms with van der Waals surface area (Å²) in [6.45, 7) is 1.50. The maximum atomic E-state index is 11.8. The highest BCUT2D eigenvalue weighted by Gasteiger charge is 2.04. The third-order valence-electron chi connectivity index (χ3n) is 3.32. The molecule has 0 radical (unpaired) electrons. The smallest absolute Gasteiger partial charge is 0.268 e. The Morgan fingerprint density at radius 3 is 2.90 bits per heavy atom. The Balaban J connectivity index is 1.49. The van der Waals surface area contributed by atoms with Crippen molar-refractivity contribution in [3.05, 3.63) is 63.5 Å². The molecule has 3 rings (SSSR count). The maximum Gasteiger partial charge on any atom is 0.268 e. The van der Waals surface area contributed by atoms with E-state index in [-0.39, 0.29) is 5.56 Å². The highest BCUT2D eigenvalue weighted by atomic mass is 32.1. The summed E-state index contributed by atoms with van der Waals surface area (Å²) in [5, 5.41) is 5.22. The summed E-state index contributed by atoms with van der Waals surface area (Å²) < 4.78 is 0.697. The monoisotopic (exact) mass is 299 g/mol. The van der Waals surface area contributed by atoms with E-state index < -0.39 is 0 Å². The average molecular weight is 299 g/mol. The first kappa shape index (κ1) is 14.0. The molecule has 0 bridgehead atoms. The first-order valence-corrected chi connectivity index (χ1v) is 7.92. The Kier molecular flexibility index (Phi) is 4.43. The van der Waals surface area contributed by atoms with E-state index in [9.17, 15) is 4.79 Å². The molecule has 0 saturated carbocycles. The molecule has 0 aliphatic rings. The van der Waals surface area contributed by atoms with E-state index >= 15 is 0 Å². The number of aromatic nitrogens is 2. The van der Waals surface area contributed by atoms with Crippen molar-refractivity contribution in [3.63, 3.8) is 0 Å². The van der Waals surface area contributed by atoms with Crippen molar-refractivity contribution in [3.8, 4) is 0 Å². The second kappa shape index (κ2) is 6.65. The van der Waals surface area contributed by atoms with Crippen LogP contribution >= 0.6 is 11.3 Å². The van der Waals surface area contributed by atoms with Gasteiger partial charge in [0.1, 0.15) is 10.5 Å². The van der Waals surface area contributed by atoms with Gasteiger partial charge in [0.15, 0.2) is 0 Å². The fourth-order valence-corrected chi connectivity index (χ4v) is 3.00. The SMILES string of the molecule is O=c1[nH]c(CNCCCc2ccccc2)nc2ccsc12. The molecule has 0 amide bonds. The van der Waals surface area contributed by atoms with Crippen molar-refractivity contribution in [1.82, 2.24) is 15.3 Å². The Morgan fingerprint density at radius 1 is 1.19 bits per heavy atom. The maximum absolute atomic E-state index is 11.8. The molecule has 2 N–H and O–H groups in total. The van der Waals surface area contributed by atoms with Crippen LogP contribution in [0.1, 0.15) is 17.8 Å². The Hall–Kier alpha value is -1.98. The van der Waals surface area contributed by atoms with E-state index in [0.29, 0.717) is 17.1 Å². The fourth-order valence-electron chi connectivity index (χ4n) is 2.27. The van der Waals surface area contributed by atoms with Crippen LogP contribution in [0.3, 0.4) is 0 Å². The number of H-pyrrole nitrogens is 1. The van der Waals surface area contributed by atoms with E-state index in [2.05, 4.69) is 39.6 Å². The summed E-state index contributed by atoms with van der Waals surface area (Å²) in [6, 6.07) is 12.3. The molecule has 4 nitrogen and oxygen atoms in total. The molecule has 21 heavy (non-hydrogen) atoms. The minimum atomic E-state index is -0.0453. The molecule has 0 saturated heterocycles. The summed E-state index contributed by atoms with van der Waals surface area (Å²) in [7, 11) is 0. The summed E-state index contributed by atoms with van der Waals surface area (Å²) in [6.07, 6.45) is 2.12. The van der Waals surface area contributed by atoms with Gasteiger partial charge in [0.05, 0.1) is 12.1 Å². The third-order valence-corrected chi connectivity index (χ3v) is 4.22. The molecule has 108 valence electrons.